The summed E-state index contributed by atoms with van der Waals surface area (Å²) in [5, 5.41) is 3.16. The van der Waals surface area contributed by atoms with E-state index < -0.39 is 0 Å². The monoisotopic (exact) mass is 405 g/mol. The minimum atomic E-state index is -0.148. The molecule has 1 saturated carbocycles. The van der Waals surface area contributed by atoms with E-state index in [0.717, 1.165) is 51.2 Å². The van der Waals surface area contributed by atoms with Gasteiger partial charge in [0.25, 0.3) is 0 Å². The van der Waals surface area contributed by atoms with Gasteiger partial charge in [-0.05, 0) is 67.3 Å². The van der Waals surface area contributed by atoms with Gasteiger partial charge in [0.2, 0.25) is 5.91 Å². The van der Waals surface area contributed by atoms with E-state index in [1.807, 2.05) is 18.5 Å². The first-order chi connectivity index (χ1) is 14.7. The van der Waals surface area contributed by atoms with Gasteiger partial charge >= 0.3 is 0 Å². The SMILES string of the molecule is O=C(CC1CC2(CCN(Cc3ccncc3)CC2)Oc2ccccc21)NCC1CC1. The molecule has 2 aromatic rings. The van der Waals surface area contributed by atoms with Gasteiger partial charge in [-0.1, -0.05) is 18.2 Å². The van der Waals surface area contributed by atoms with E-state index in [4.69, 9.17) is 4.74 Å². The van der Waals surface area contributed by atoms with Crippen molar-refractivity contribution >= 4 is 5.91 Å². The van der Waals surface area contributed by atoms with Crippen LogP contribution < -0.4 is 10.1 Å². The number of rotatable bonds is 6. The second-order valence-corrected chi connectivity index (χ2v) is 9.31. The fraction of sp³-hybridized carbons (Fsp3) is 0.520. The topological polar surface area (TPSA) is 54.5 Å². The molecule has 3 heterocycles. The third kappa shape index (κ3) is 4.51. The zero-order chi connectivity index (χ0) is 20.4. The van der Waals surface area contributed by atoms with Crippen LogP contribution in [0.3, 0.4) is 0 Å². The maximum Gasteiger partial charge on any atom is 0.220 e. The second-order valence-electron chi connectivity index (χ2n) is 9.31. The fourth-order valence-corrected chi connectivity index (χ4v) is 4.97. The lowest BCUT2D eigenvalue weighted by Crippen LogP contribution is -2.50. The Kier molecular flexibility index (Phi) is 5.47. The summed E-state index contributed by atoms with van der Waals surface area (Å²) in [5.41, 5.74) is 2.36. The number of benzene rings is 1. The van der Waals surface area contributed by atoms with Gasteiger partial charge in [0, 0.05) is 50.9 Å². The Labute approximate surface area is 178 Å². The molecule has 30 heavy (non-hydrogen) atoms. The molecule has 0 radical (unpaired) electrons. The van der Waals surface area contributed by atoms with Crippen LogP contribution in [0.4, 0.5) is 0 Å². The van der Waals surface area contributed by atoms with E-state index in [-0.39, 0.29) is 17.4 Å². The summed E-state index contributed by atoms with van der Waals surface area (Å²) in [7, 11) is 0. The highest BCUT2D eigenvalue weighted by molar-refractivity contribution is 5.77. The predicted molar refractivity (Wildman–Crippen MR) is 116 cm³/mol. The van der Waals surface area contributed by atoms with E-state index in [1.54, 1.807) is 0 Å². The Morgan fingerprint density at radius 2 is 1.90 bits per heavy atom. The van der Waals surface area contributed by atoms with Gasteiger partial charge in [0.1, 0.15) is 11.4 Å². The molecule has 1 saturated heterocycles. The molecule has 3 aliphatic rings. The quantitative estimate of drug-likeness (QED) is 0.792. The summed E-state index contributed by atoms with van der Waals surface area (Å²) in [6.07, 6.45) is 9.76. The van der Waals surface area contributed by atoms with Crippen molar-refractivity contribution in [3.05, 3.63) is 59.9 Å². The van der Waals surface area contributed by atoms with Crippen LogP contribution in [0.15, 0.2) is 48.8 Å². The summed E-state index contributed by atoms with van der Waals surface area (Å²) in [5.74, 6) is 2.12. The lowest BCUT2D eigenvalue weighted by molar-refractivity contribution is -0.122. The summed E-state index contributed by atoms with van der Waals surface area (Å²) in [4.78, 5) is 19.2. The molecule has 5 nitrogen and oxygen atoms in total. The lowest BCUT2D eigenvalue weighted by atomic mass is 9.76. The van der Waals surface area contributed by atoms with Crippen molar-refractivity contribution in [2.24, 2.45) is 5.92 Å². The number of nitrogens with zero attached hydrogens (tertiary/aromatic N) is 2. The number of fused-ring (bicyclic) bond motifs is 1. The van der Waals surface area contributed by atoms with Gasteiger partial charge in [-0.15, -0.1) is 0 Å². The van der Waals surface area contributed by atoms with E-state index in [2.05, 4.69) is 45.5 Å². The fourth-order valence-electron chi connectivity index (χ4n) is 4.97. The van der Waals surface area contributed by atoms with Crippen molar-refractivity contribution < 1.29 is 9.53 Å². The van der Waals surface area contributed by atoms with Gasteiger partial charge < -0.3 is 10.1 Å². The van der Waals surface area contributed by atoms with Crippen LogP contribution in [0.5, 0.6) is 5.75 Å². The van der Waals surface area contributed by atoms with E-state index in [0.29, 0.717) is 12.3 Å². The molecule has 0 bridgehead atoms. The third-order valence-electron chi connectivity index (χ3n) is 6.94. The molecule has 1 aromatic carbocycles. The highest BCUT2D eigenvalue weighted by Gasteiger charge is 2.43. The zero-order valence-electron chi connectivity index (χ0n) is 17.6. The summed E-state index contributed by atoms with van der Waals surface area (Å²) >= 11 is 0. The van der Waals surface area contributed by atoms with Crippen LogP contribution in [-0.4, -0.2) is 41.0 Å². The van der Waals surface area contributed by atoms with Crippen molar-refractivity contribution in [1.82, 2.24) is 15.2 Å². The van der Waals surface area contributed by atoms with E-state index in [1.165, 1.54) is 24.0 Å². The minimum Gasteiger partial charge on any atom is -0.487 e. The van der Waals surface area contributed by atoms with Crippen molar-refractivity contribution in [3.8, 4) is 5.75 Å². The molecule has 5 rings (SSSR count). The molecular formula is C25H31N3O2. The molecule has 2 aliphatic heterocycles. The first-order valence-corrected chi connectivity index (χ1v) is 11.4. The molecular weight excluding hydrogens is 374 g/mol. The van der Waals surface area contributed by atoms with Crippen LogP contribution >= 0.6 is 0 Å². The van der Waals surface area contributed by atoms with Crippen molar-refractivity contribution in [2.75, 3.05) is 19.6 Å². The molecule has 1 atom stereocenters. The number of amides is 1. The minimum absolute atomic E-state index is 0.148. The smallest absolute Gasteiger partial charge is 0.220 e. The Morgan fingerprint density at radius 1 is 1.13 bits per heavy atom. The molecule has 1 aliphatic carbocycles. The molecule has 1 aromatic heterocycles. The number of para-hydroxylation sites is 1. The normalized spacial score (nSPS) is 22.9. The van der Waals surface area contributed by atoms with Crippen LogP contribution in [0.1, 0.15) is 55.6 Å². The molecule has 1 amide bonds. The Balaban J connectivity index is 1.25. The molecule has 158 valence electrons. The zero-order valence-corrected chi connectivity index (χ0v) is 17.6. The van der Waals surface area contributed by atoms with E-state index in [9.17, 15) is 4.79 Å². The van der Waals surface area contributed by atoms with Gasteiger partial charge in [0.15, 0.2) is 0 Å². The average Bonchev–Trinajstić information content (AvgIpc) is 3.60. The van der Waals surface area contributed by atoms with Gasteiger partial charge in [-0.2, -0.15) is 0 Å². The number of piperidine rings is 1. The van der Waals surface area contributed by atoms with Gasteiger partial charge in [-0.3, -0.25) is 14.7 Å². The number of pyridine rings is 1. The summed E-state index contributed by atoms with van der Waals surface area (Å²) in [6.45, 7) is 3.84. The lowest BCUT2D eigenvalue weighted by Gasteiger charge is -2.47. The number of carbonyl (C=O) groups excluding carboxylic acids is 1. The van der Waals surface area contributed by atoms with E-state index >= 15 is 0 Å². The first-order valence-electron chi connectivity index (χ1n) is 11.4. The standard InChI is InChI=1S/C25H31N3O2/c29-24(27-17-19-5-6-19)15-21-16-25(30-23-4-2-1-3-22(21)23)9-13-28(14-10-25)18-20-7-11-26-12-8-20/h1-4,7-8,11-12,19,21H,5-6,9-10,13-18H2,(H,27,29). The number of nitrogens with one attached hydrogen (secondary N) is 1. The van der Waals surface area contributed by atoms with Crippen molar-refractivity contribution in [2.45, 2.75) is 56.6 Å². The number of carbonyl (C=O) groups is 1. The van der Waals surface area contributed by atoms with Crippen LogP contribution in [0.2, 0.25) is 0 Å². The molecule has 1 unspecified atom stereocenters. The highest BCUT2D eigenvalue weighted by Crippen LogP contribution is 2.46. The number of aromatic nitrogens is 1. The maximum atomic E-state index is 12.6. The number of ether oxygens (including phenoxy) is 1. The average molecular weight is 406 g/mol. The molecule has 1 N–H and O–H groups in total. The van der Waals surface area contributed by atoms with Crippen molar-refractivity contribution in [3.63, 3.8) is 0 Å². The largest absolute Gasteiger partial charge is 0.487 e. The highest BCUT2D eigenvalue weighted by atomic mass is 16.5. The first kappa shape index (κ1) is 19.6. The maximum absolute atomic E-state index is 12.6. The summed E-state index contributed by atoms with van der Waals surface area (Å²) < 4.78 is 6.61. The summed E-state index contributed by atoms with van der Waals surface area (Å²) in [6, 6.07) is 12.5. The Bertz CT molecular complexity index is 873. The molecule has 2 fully saturated rings. The molecule has 1 spiro atoms. The third-order valence-corrected chi connectivity index (χ3v) is 6.94. The van der Waals surface area contributed by atoms with Crippen LogP contribution in [-0.2, 0) is 11.3 Å². The Hall–Kier alpha value is -2.40. The number of hydrogen-bond donors (Lipinski definition) is 1. The molecule has 5 heteroatoms. The van der Waals surface area contributed by atoms with Crippen LogP contribution in [0, 0.1) is 5.92 Å². The van der Waals surface area contributed by atoms with Gasteiger partial charge in [-0.25, -0.2) is 0 Å². The van der Waals surface area contributed by atoms with Crippen molar-refractivity contribution in [1.29, 1.82) is 0 Å². The number of likely N-dealkylation sites (tertiary alicyclic amines) is 1. The predicted octanol–water partition coefficient (Wildman–Crippen LogP) is 3.90. The Morgan fingerprint density at radius 3 is 2.67 bits per heavy atom. The van der Waals surface area contributed by atoms with Crippen LogP contribution in [0.25, 0.3) is 0 Å². The van der Waals surface area contributed by atoms with Gasteiger partial charge in [0.05, 0.1) is 0 Å². The number of hydrogen-bond acceptors (Lipinski definition) is 4. The second kappa shape index (κ2) is 8.38.